The van der Waals surface area contributed by atoms with Gasteiger partial charge >= 0.3 is 5.97 Å². The van der Waals surface area contributed by atoms with Crippen LogP contribution >= 0.6 is 0 Å². The van der Waals surface area contributed by atoms with E-state index in [0.717, 1.165) is 0 Å². The molecule has 0 aromatic heterocycles. The van der Waals surface area contributed by atoms with Crippen LogP contribution in [-0.2, 0) is 4.74 Å². The van der Waals surface area contributed by atoms with E-state index in [9.17, 15) is 9.90 Å². The molecule has 0 amide bonds. The second-order valence-corrected chi connectivity index (χ2v) is 4.76. The fraction of sp³-hybridized carbons (Fsp3) is 0.500. The molecule has 0 aliphatic carbocycles. The van der Waals surface area contributed by atoms with Gasteiger partial charge in [-0.3, -0.25) is 0 Å². The van der Waals surface area contributed by atoms with Crippen LogP contribution in [0.3, 0.4) is 0 Å². The van der Waals surface area contributed by atoms with E-state index in [1.807, 2.05) is 13.8 Å². The number of aromatic hydroxyl groups is 1. The highest BCUT2D eigenvalue weighted by Crippen LogP contribution is 2.32. The molecule has 0 aliphatic rings. The van der Waals surface area contributed by atoms with Gasteiger partial charge < -0.3 is 14.6 Å². The smallest absolute Gasteiger partial charge is 0.338 e. The van der Waals surface area contributed by atoms with Crippen LogP contribution in [0.5, 0.6) is 11.5 Å². The molecule has 100 valence electrons. The molecule has 0 saturated heterocycles. The fourth-order valence-electron chi connectivity index (χ4n) is 1.49. The fourth-order valence-corrected chi connectivity index (χ4v) is 1.49. The van der Waals surface area contributed by atoms with Gasteiger partial charge in [0.2, 0.25) is 0 Å². The van der Waals surface area contributed by atoms with E-state index in [2.05, 4.69) is 0 Å². The molecule has 1 aromatic carbocycles. The molecule has 1 N–H and O–H groups in total. The van der Waals surface area contributed by atoms with Gasteiger partial charge in [-0.25, -0.2) is 4.79 Å². The summed E-state index contributed by atoms with van der Waals surface area (Å²) in [5.74, 6) is -0.0489. The molecule has 1 rings (SSSR count). The Bertz CT molecular complexity index is 436. The van der Waals surface area contributed by atoms with Crippen LogP contribution in [0, 0.1) is 6.92 Å². The summed E-state index contributed by atoms with van der Waals surface area (Å²) in [7, 11) is 0. The van der Waals surface area contributed by atoms with Crippen LogP contribution in [0.2, 0.25) is 0 Å². The van der Waals surface area contributed by atoms with E-state index >= 15 is 0 Å². The molecular weight excluding hydrogens is 232 g/mol. The van der Waals surface area contributed by atoms with E-state index in [1.165, 1.54) is 6.07 Å². The molecule has 1 aromatic rings. The van der Waals surface area contributed by atoms with Gasteiger partial charge in [0.1, 0.15) is 0 Å². The van der Waals surface area contributed by atoms with Crippen molar-refractivity contribution in [1.82, 2.24) is 0 Å². The molecule has 0 aliphatic heterocycles. The first-order valence-corrected chi connectivity index (χ1v) is 6.02. The number of phenolic OH excluding ortho intramolecular Hbond substituents is 1. The number of carbonyl (C=O) groups excluding carboxylic acids is 1. The number of esters is 1. The van der Waals surface area contributed by atoms with Gasteiger partial charge in [-0.2, -0.15) is 0 Å². The molecule has 4 heteroatoms. The van der Waals surface area contributed by atoms with Gasteiger partial charge in [0.25, 0.3) is 0 Å². The maximum Gasteiger partial charge on any atom is 0.338 e. The van der Waals surface area contributed by atoms with Gasteiger partial charge in [0.15, 0.2) is 11.5 Å². The number of benzene rings is 1. The first-order valence-electron chi connectivity index (χ1n) is 6.02. The summed E-state index contributed by atoms with van der Waals surface area (Å²) in [6.45, 7) is 9.00. The predicted molar refractivity (Wildman–Crippen MR) is 69.2 cm³/mol. The van der Waals surface area contributed by atoms with E-state index in [-0.39, 0.29) is 18.0 Å². The second-order valence-electron chi connectivity index (χ2n) is 4.76. The maximum absolute atomic E-state index is 11.8. The van der Waals surface area contributed by atoms with Crippen LogP contribution in [0.25, 0.3) is 0 Å². The van der Waals surface area contributed by atoms with Gasteiger partial charge in [0.05, 0.1) is 17.8 Å². The Morgan fingerprint density at radius 2 is 1.78 bits per heavy atom. The summed E-state index contributed by atoms with van der Waals surface area (Å²) < 4.78 is 10.6. The maximum atomic E-state index is 11.8. The molecule has 0 unspecified atom stereocenters. The number of phenols is 1. The van der Waals surface area contributed by atoms with E-state index < -0.39 is 5.97 Å². The Labute approximate surface area is 108 Å². The van der Waals surface area contributed by atoms with Crippen LogP contribution in [0.15, 0.2) is 12.1 Å². The minimum atomic E-state index is -0.415. The lowest BCUT2D eigenvalue weighted by Crippen LogP contribution is -2.13. The second kappa shape index (κ2) is 5.76. The molecule has 0 saturated carbocycles. The lowest BCUT2D eigenvalue weighted by atomic mass is 10.1. The summed E-state index contributed by atoms with van der Waals surface area (Å²) in [5, 5.41) is 9.86. The third-order valence-corrected chi connectivity index (χ3v) is 2.21. The zero-order chi connectivity index (χ0) is 13.9. The number of hydrogen-bond donors (Lipinski definition) is 1. The molecule has 0 fully saturated rings. The normalized spacial score (nSPS) is 10.8. The van der Waals surface area contributed by atoms with E-state index in [4.69, 9.17) is 9.47 Å². The van der Waals surface area contributed by atoms with Crippen molar-refractivity contribution in [3.8, 4) is 11.5 Å². The van der Waals surface area contributed by atoms with E-state index in [1.54, 1.807) is 26.8 Å². The summed E-state index contributed by atoms with van der Waals surface area (Å²) in [4.78, 5) is 11.8. The average Bonchev–Trinajstić information content (AvgIpc) is 2.22. The van der Waals surface area contributed by atoms with Gasteiger partial charge in [-0.05, 0) is 52.3 Å². The van der Waals surface area contributed by atoms with Gasteiger partial charge in [-0.15, -0.1) is 0 Å². The van der Waals surface area contributed by atoms with Crippen molar-refractivity contribution < 1.29 is 19.4 Å². The molecule has 0 bridgehead atoms. The molecule has 0 spiro atoms. The van der Waals surface area contributed by atoms with E-state index in [0.29, 0.717) is 16.9 Å². The predicted octanol–water partition coefficient (Wildman–Crippen LogP) is 3.05. The summed E-state index contributed by atoms with van der Waals surface area (Å²) in [6, 6.07) is 3.10. The first kappa shape index (κ1) is 14.4. The monoisotopic (exact) mass is 252 g/mol. The van der Waals surface area contributed by atoms with Crippen LogP contribution in [-0.4, -0.2) is 23.3 Å². The molecule has 0 radical (unpaired) electrons. The lowest BCUT2D eigenvalue weighted by molar-refractivity contribution is 0.0377. The summed E-state index contributed by atoms with van der Waals surface area (Å²) in [5.41, 5.74) is 0.971. The SMILES string of the molecule is Cc1cc(C(=O)OC(C)C)cc(OC(C)C)c1O. The standard InChI is InChI=1S/C14H20O4/c1-8(2)17-12-7-11(6-10(5)13(12)15)14(16)18-9(3)4/h6-9,15H,1-5H3. The Kier molecular flexibility index (Phi) is 4.59. The van der Waals surface area contributed by atoms with Crippen molar-refractivity contribution in [1.29, 1.82) is 0 Å². The van der Waals surface area contributed by atoms with Crippen molar-refractivity contribution >= 4 is 5.97 Å². The number of ether oxygens (including phenoxy) is 2. The van der Waals surface area contributed by atoms with Crippen molar-refractivity contribution in [3.05, 3.63) is 23.3 Å². The molecular formula is C14H20O4. The van der Waals surface area contributed by atoms with Crippen molar-refractivity contribution in [2.24, 2.45) is 0 Å². The minimum absolute atomic E-state index is 0.0600. The highest BCUT2D eigenvalue weighted by Gasteiger charge is 2.16. The Morgan fingerprint density at radius 3 is 2.28 bits per heavy atom. The van der Waals surface area contributed by atoms with Crippen LogP contribution in [0.4, 0.5) is 0 Å². The Balaban J connectivity index is 3.07. The zero-order valence-corrected chi connectivity index (χ0v) is 11.5. The molecule has 18 heavy (non-hydrogen) atoms. The topological polar surface area (TPSA) is 55.8 Å². The Morgan fingerprint density at radius 1 is 1.17 bits per heavy atom. The molecule has 0 atom stereocenters. The van der Waals surface area contributed by atoms with Crippen molar-refractivity contribution in [2.45, 2.75) is 46.8 Å². The van der Waals surface area contributed by atoms with Crippen LogP contribution < -0.4 is 4.74 Å². The summed E-state index contributed by atoms with van der Waals surface area (Å²) in [6.07, 6.45) is -0.257. The highest BCUT2D eigenvalue weighted by molar-refractivity contribution is 5.90. The first-order chi connectivity index (χ1) is 8.31. The number of carbonyl (C=O) groups is 1. The quantitative estimate of drug-likeness (QED) is 0.837. The number of rotatable bonds is 4. The summed E-state index contributed by atoms with van der Waals surface area (Å²) >= 11 is 0. The van der Waals surface area contributed by atoms with Gasteiger partial charge in [-0.1, -0.05) is 0 Å². The van der Waals surface area contributed by atoms with Crippen molar-refractivity contribution in [3.63, 3.8) is 0 Å². The Hall–Kier alpha value is -1.71. The number of hydrogen-bond acceptors (Lipinski definition) is 4. The molecule has 0 heterocycles. The molecule has 4 nitrogen and oxygen atoms in total. The third kappa shape index (κ3) is 3.65. The lowest BCUT2D eigenvalue weighted by Gasteiger charge is -2.15. The number of aryl methyl sites for hydroxylation is 1. The average molecular weight is 252 g/mol. The minimum Gasteiger partial charge on any atom is -0.504 e. The highest BCUT2D eigenvalue weighted by atomic mass is 16.5. The largest absolute Gasteiger partial charge is 0.504 e. The van der Waals surface area contributed by atoms with Crippen LogP contribution in [0.1, 0.15) is 43.6 Å². The van der Waals surface area contributed by atoms with Gasteiger partial charge in [0, 0.05) is 0 Å². The van der Waals surface area contributed by atoms with Crippen molar-refractivity contribution in [2.75, 3.05) is 0 Å². The zero-order valence-electron chi connectivity index (χ0n) is 11.5. The third-order valence-electron chi connectivity index (χ3n) is 2.21.